The molecule has 4 aliphatic rings. The number of aliphatic hydroxyl groups is 1. The lowest BCUT2D eigenvalue weighted by Crippen LogP contribution is -2.56. The highest BCUT2D eigenvalue weighted by molar-refractivity contribution is 6.34. The number of hydrogen-bond acceptors (Lipinski definition) is 6. The van der Waals surface area contributed by atoms with Crippen LogP contribution in [0.1, 0.15) is 38.2 Å². The van der Waals surface area contributed by atoms with E-state index in [2.05, 4.69) is 0 Å². The zero-order chi connectivity index (χ0) is 26.4. The normalized spacial score (nSPS) is 33.0. The van der Waals surface area contributed by atoms with Gasteiger partial charge in [0.05, 0.1) is 28.8 Å². The number of aryl methyl sites for hydroxylation is 1. The zero-order valence-electron chi connectivity index (χ0n) is 21.2. The molecule has 0 radical (unpaired) electrons. The van der Waals surface area contributed by atoms with E-state index in [1.807, 2.05) is 43.4 Å². The molecule has 5 rings (SSSR count). The van der Waals surface area contributed by atoms with Crippen molar-refractivity contribution in [3.8, 4) is 0 Å². The van der Waals surface area contributed by atoms with Gasteiger partial charge in [0.1, 0.15) is 17.6 Å². The fourth-order valence-electron chi connectivity index (χ4n) is 6.46. The highest BCUT2D eigenvalue weighted by atomic mass is 35.5. The number of nitrogens with zero attached hydrogens (tertiary/aromatic N) is 2. The first-order valence-corrected chi connectivity index (χ1v) is 13.3. The number of likely N-dealkylation sites (tertiary alicyclic amines) is 1. The van der Waals surface area contributed by atoms with Crippen LogP contribution < -0.4 is 4.90 Å². The van der Waals surface area contributed by atoms with Crippen LogP contribution in [0.15, 0.2) is 42.5 Å². The predicted octanol–water partition coefficient (Wildman–Crippen LogP) is 3.19. The van der Waals surface area contributed by atoms with Crippen molar-refractivity contribution in [3.63, 3.8) is 0 Å². The Bertz CT molecular complexity index is 1150. The monoisotopic (exact) mass is 528 g/mol. The molecule has 0 bridgehead atoms. The summed E-state index contributed by atoms with van der Waals surface area (Å²) in [7, 11) is 0. The van der Waals surface area contributed by atoms with E-state index in [0.717, 1.165) is 5.56 Å². The van der Waals surface area contributed by atoms with E-state index in [1.54, 1.807) is 22.8 Å². The SMILES string of the molecule is Cc1cccc(Cl)c1N1CC=C[C@]23O[C@]4(C)C=CCCOC(=O)[C@@H]4[C@H]2C(=O)N(CCCCCO)C3C1=O. The highest BCUT2D eigenvalue weighted by Gasteiger charge is 2.74. The van der Waals surface area contributed by atoms with Gasteiger partial charge in [0.2, 0.25) is 5.91 Å². The largest absolute Gasteiger partial charge is 0.465 e. The summed E-state index contributed by atoms with van der Waals surface area (Å²) in [6.45, 7) is 4.55. The number of hydrogen-bond donors (Lipinski definition) is 1. The van der Waals surface area contributed by atoms with Gasteiger partial charge in [-0.25, -0.2) is 0 Å². The molecule has 5 atom stereocenters. The van der Waals surface area contributed by atoms with E-state index >= 15 is 0 Å². The van der Waals surface area contributed by atoms with Crippen LogP contribution in [-0.4, -0.2) is 71.3 Å². The van der Waals surface area contributed by atoms with Crippen LogP contribution in [0, 0.1) is 18.8 Å². The number of esters is 1. The second kappa shape index (κ2) is 9.89. The van der Waals surface area contributed by atoms with Gasteiger partial charge in [0, 0.05) is 19.7 Å². The van der Waals surface area contributed by atoms with E-state index < -0.39 is 35.0 Å². The average molecular weight is 529 g/mol. The Morgan fingerprint density at radius 1 is 1.08 bits per heavy atom. The van der Waals surface area contributed by atoms with Crippen molar-refractivity contribution in [1.29, 1.82) is 0 Å². The first-order valence-electron chi connectivity index (χ1n) is 13.0. The molecule has 9 heteroatoms. The fraction of sp³-hybridized carbons (Fsp3) is 0.536. The van der Waals surface area contributed by atoms with Gasteiger partial charge < -0.3 is 24.4 Å². The van der Waals surface area contributed by atoms with E-state index in [9.17, 15) is 19.5 Å². The molecule has 1 unspecified atom stereocenters. The van der Waals surface area contributed by atoms with Gasteiger partial charge in [-0.15, -0.1) is 0 Å². The first-order chi connectivity index (χ1) is 17.7. The predicted molar refractivity (Wildman–Crippen MR) is 138 cm³/mol. The van der Waals surface area contributed by atoms with Crippen molar-refractivity contribution in [2.24, 2.45) is 11.8 Å². The molecule has 37 heavy (non-hydrogen) atoms. The van der Waals surface area contributed by atoms with E-state index in [-0.39, 0.29) is 31.6 Å². The third-order valence-corrected chi connectivity index (χ3v) is 8.34. The third kappa shape index (κ3) is 4.10. The minimum atomic E-state index is -1.33. The summed E-state index contributed by atoms with van der Waals surface area (Å²) in [6, 6.07) is 4.49. The summed E-state index contributed by atoms with van der Waals surface area (Å²) in [5.74, 6) is -2.85. The molecule has 1 N–H and O–H groups in total. The van der Waals surface area contributed by atoms with Crippen LogP contribution in [0.4, 0.5) is 5.69 Å². The van der Waals surface area contributed by atoms with Gasteiger partial charge in [-0.2, -0.15) is 0 Å². The van der Waals surface area contributed by atoms with Crippen molar-refractivity contribution in [3.05, 3.63) is 53.1 Å². The molecule has 0 saturated carbocycles. The quantitative estimate of drug-likeness (QED) is 0.346. The number of aliphatic hydroxyl groups excluding tert-OH is 1. The van der Waals surface area contributed by atoms with Crippen LogP contribution >= 0.6 is 11.6 Å². The molecule has 2 fully saturated rings. The Kier molecular flexibility index (Phi) is 6.94. The van der Waals surface area contributed by atoms with Gasteiger partial charge in [0.25, 0.3) is 5.91 Å². The molecular formula is C28H33ClN2O6. The molecule has 0 aliphatic carbocycles. The van der Waals surface area contributed by atoms with Crippen molar-refractivity contribution in [2.75, 3.05) is 31.2 Å². The average Bonchev–Trinajstić information content (AvgIpc) is 3.16. The summed E-state index contributed by atoms with van der Waals surface area (Å²) < 4.78 is 12.3. The number of para-hydroxylation sites is 1. The van der Waals surface area contributed by atoms with Crippen LogP contribution in [0.5, 0.6) is 0 Å². The Balaban J connectivity index is 1.62. The van der Waals surface area contributed by atoms with E-state index in [1.165, 1.54) is 0 Å². The summed E-state index contributed by atoms with van der Waals surface area (Å²) in [4.78, 5) is 45.0. The summed E-state index contributed by atoms with van der Waals surface area (Å²) in [5, 5.41) is 9.66. The number of cyclic esters (lactones) is 1. The minimum Gasteiger partial charge on any atom is -0.465 e. The zero-order valence-corrected chi connectivity index (χ0v) is 21.9. The molecule has 1 spiro atoms. The number of benzene rings is 1. The topological polar surface area (TPSA) is 96.4 Å². The molecular weight excluding hydrogens is 496 g/mol. The van der Waals surface area contributed by atoms with E-state index in [4.69, 9.17) is 21.1 Å². The number of rotatable bonds is 6. The van der Waals surface area contributed by atoms with Gasteiger partial charge in [-0.1, -0.05) is 48.0 Å². The molecule has 198 valence electrons. The summed E-state index contributed by atoms with van der Waals surface area (Å²) >= 11 is 6.57. The number of amides is 2. The smallest absolute Gasteiger partial charge is 0.313 e. The van der Waals surface area contributed by atoms with Crippen molar-refractivity contribution in [1.82, 2.24) is 4.90 Å². The third-order valence-electron chi connectivity index (χ3n) is 8.04. The lowest BCUT2D eigenvalue weighted by Gasteiger charge is -2.38. The van der Waals surface area contributed by atoms with Crippen molar-refractivity contribution >= 4 is 35.1 Å². The Morgan fingerprint density at radius 2 is 1.89 bits per heavy atom. The maximum atomic E-state index is 14.4. The Labute approximate surface area is 221 Å². The number of anilines is 1. The number of unbranched alkanes of at least 4 members (excludes halogenated alkanes) is 2. The molecule has 1 aromatic rings. The van der Waals surface area contributed by atoms with E-state index in [0.29, 0.717) is 42.9 Å². The minimum absolute atomic E-state index is 0.0624. The molecule has 4 aliphatic heterocycles. The summed E-state index contributed by atoms with van der Waals surface area (Å²) in [5.41, 5.74) is -0.990. The van der Waals surface area contributed by atoms with Crippen LogP contribution in [0.25, 0.3) is 0 Å². The molecule has 2 saturated heterocycles. The number of fused-ring (bicyclic) bond motifs is 2. The van der Waals surface area contributed by atoms with Crippen molar-refractivity contribution in [2.45, 2.75) is 56.8 Å². The van der Waals surface area contributed by atoms with Gasteiger partial charge in [-0.3, -0.25) is 14.4 Å². The van der Waals surface area contributed by atoms with Crippen LogP contribution in [-0.2, 0) is 23.9 Å². The molecule has 0 aromatic heterocycles. The number of halogens is 1. The highest BCUT2D eigenvalue weighted by Crippen LogP contribution is 2.57. The Hall–Kier alpha value is -2.68. The maximum Gasteiger partial charge on any atom is 0.313 e. The fourth-order valence-corrected chi connectivity index (χ4v) is 6.79. The lowest BCUT2D eigenvalue weighted by atomic mass is 9.74. The number of carbonyl (C=O) groups excluding carboxylic acids is 3. The molecule has 1 aromatic carbocycles. The standard InChI is InChI=1S/C28H33ClN2O6/c1-18-10-8-11-19(29)22(18)30-15-9-13-28-20(21-26(35)36-17-7-4-12-27(21,2)37-28)24(33)31(23(28)25(30)34)14-5-3-6-16-32/h4,8-13,20-21,23,32H,3,5-7,14-17H2,1-2H3/t20-,21-,23?,27+,28-/m0/s1. The summed E-state index contributed by atoms with van der Waals surface area (Å²) in [6.07, 6.45) is 9.88. The van der Waals surface area contributed by atoms with Gasteiger partial charge in [-0.05, 0) is 51.2 Å². The number of carbonyl (C=O) groups is 3. The first kappa shape index (κ1) is 25.9. The molecule has 4 heterocycles. The second-order valence-corrected chi connectivity index (χ2v) is 10.8. The number of ether oxygens (including phenoxy) is 2. The molecule has 8 nitrogen and oxygen atoms in total. The maximum absolute atomic E-state index is 14.4. The second-order valence-electron chi connectivity index (χ2n) is 10.4. The van der Waals surface area contributed by atoms with Gasteiger partial charge in [0.15, 0.2) is 0 Å². The van der Waals surface area contributed by atoms with Crippen LogP contribution in [0.2, 0.25) is 5.02 Å². The van der Waals surface area contributed by atoms with Crippen LogP contribution in [0.3, 0.4) is 0 Å². The Morgan fingerprint density at radius 3 is 2.65 bits per heavy atom. The van der Waals surface area contributed by atoms with Crippen molar-refractivity contribution < 1.29 is 29.0 Å². The molecule has 2 amide bonds. The lowest BCUT2D eigenvalue weighted by molar-refractivity contribution is -0.159. The van der Waals surface area contributed by atoms with Gasteiger partial charge >= 0.3 is 5.97 Å².